The minimum atomic E-state index is -0.783. The van der Waals surface area contributed by atoms with Gasteiger partial charge in [-0.05, 0) is 13.8 Å². The number of rotatable bonds is 6. The van der Waals surface area contributed by atoms with Gasteiger partial charge in [0, 0.05) is 17.5 Å². The standard InChI is InChI=1S/C10H15N3O4S/c1-3-12(5-9(11)15)10-7(13(16)17)4-8(18-10)6(2)14/h4,6,14H,3,5H2,1-2H3,(H2,11,15)/t6-/m1/s1. The lowest BCUT2D eigenvalue weighted by atomic mass is 10.3. The predicted molar refractivity (Wildman–Crippen MR) is 68.7 cm³/mol. The molecule has 0 aromatic carbocycles. The highest BCUT2D eigenvalue weighted by Crippen LogP contribution is 2.39. The third-order valence-electron chi connectivity index (χ3n) is 2.34. The maximum absolute atomic E-state index is 11.0. The fourth-order valence-electron chi connectivity index (χ4n) is 1.47. The monoisotopic (exact) mass is 273 g/mol. The first kappa shape index (κ1) is 14.4. The van der Waals surface area contributed by atoms with Crippen LogP contribution >= 0.6 is 11.3 Å². The van der Waals surface area contributed by atoms with E-state index in [1.54, 1.807) is 6.92 Å². The summed E-state index contributed by atoms with van der Waals surface area (Å²) in [5, 5.41) is 20.8. The van der Waals surface area contributed by atoms with Crippen molar-refractivity contribution < 1.29 is 14.8 Å². The van der Waals surface area contributed by atoms with Crippen molar-refractivity contribution in [1.82, 2.24) is 0 Å². The first-order valence-electron chi connectivity index (χ1n) is 5.36. The van der Waals surface area contributed by atoms with E-state index >= 15 is 0 Å². The molecular weight excluding hydrogens is 258 g/mol. The summed E-state index contributed by atoms with van der Waals surface area (Å²) in [6.07, 6.45) is -0.783. The lowest BCUT2D eigenvalue weighted by Gasteiger charge is -2.18. The number of aliphatic hydroxyl groups excluding tert-OH is 1. The molecule has 7 nitrogen and oxygen atoms in total. The van der Waals surface area contributed by atoms with Crippen LogP contribution in [0.2, 0.25) is 0 Å². The zero-order valence-corrected chi connectivity index (χ0v) is 10.9. The molecular formula is C10H15N3O4S. The molecule has 1 aromatic rings. The Morgan fingerprint density at radius 2 is 2.33 bits per heavy atom. The number of aliphatic hydroxyl groups is 1. The third kappa shape index (κ3) is 3.17. The first-order valence-corrected chi connectivity index (χ1v) is 6.17. The van der Waals surface area contributed by atoms with E-state index < -0.39 is 16.9 Å². The number of nitrogens with zero attached hydrogens (tertiary/aromatic N) is 2. The summed E-state index contributed by atoms with van der Waals surface area (Å²) in [5.74, 6) is -0.557. The second-order valence-electron chi connectivity index (χ2n) is 3.75. The highest BCUT2D eigenvalue weighted by molar-refractivity contribution is 7.16. The zero-order chi connectivity index (χ0) is 13.9. The number of carbonyl (C=O) groups is 1. The fraction of sp³-hybridized carbons (Fsp3) is 0.500. The van der Waals surface area contributed by atoms with Crippen molar-refractivity contribution in [2.45, 2.75) is 20.0 Å². The van der Waals surface area contributed by atoms with Crippen molar-refractivity contribution >= 4 is 27.9 Å². The van der Waals surface area contributed by atoms with Gasteiger partial charge >= 0.3 is 5.69 Å². The second-order valence-corrected chi connectivity index (χ2v) is 4.81. The summed E-state index contributed by atoms with van der Waals surface area (Å²) in [4.78, 5) is 23.4. The van der Waals surface area contributed by atoms with E-state index in [1.165, 1.54) is 17.9 Å². The smallest absolute Gasteiger partial charge is 0.304 e. The molecule has 1 heterocycles. The van der Waals surface area contributed by atoms with Gasteiger partial charge in [-0.25, -0.2) is 0 Å². The Labute approximate surface area is 108 Å². The van der Waals surface area contributed by atoms with Crippen molar-refractivity contribution in [2.24, 2.45) is 5.73 Å². The van der Waals surface area contributed by atoms with E-state index in [-0.39, 0.29) is 12.2 Å². The van der Waals surface area contributed by atoms with Gasteiger partial charge in [-0.1, -0.05) is 0 Å². The van der Waals surface area contributed by atoms with E-state index in [1.807, 2.05) is 0 Å². The van der Waals surface area contributed by atoms with Gasteiger partial charge in [0.15, 0.2) is 5.00 Å². The van der Waals surface area contributed by atoms with E-state index in [0.29, 0.717) is 16.4 Å². The van der Waals surface area contributed by atoms with Crippen LogP contribution in [0.5, 0.6) is 0 Å². The zero-order valence-electron chi connectivity index (χ0n) is 10.1. The molecule has 18 heavy (non-hydrogen) atoms. The molecule has 1 rings (SSSR count). The molecule has 0 radical (unpaired) electrons. The predicted octanol–water partition coefficient (Wildman–Crippen LogP) is 1.02. The van der Waals surface area contributed by atoms with Gasteiger partial charge in [-0.2, -0.15) is 0 Å². The molecule has 0 unspecified atom stereocenters. The van der Waals surface area contributed by atoms with Crippen LogP contribution in [0.3, 0.4) is 0 Å². The number of carbonyl (C=O) groups excluding carboxylic acids is 1. The van der Waals surface area contributed by atoms with Gasteiger partial charge in [-0.3, -0.25) is 14.9 Å². The van der Waals surface area contributed by atoms with E-state index in [2.05, 4.69) is 0 Å². The molecule has 0 spiro atoms. The molecule has 100 valence electrons. The summed E-state index contributed by atoms with van der Waals surface area (Å²) >= 11 is 1.10. The number of thiophene rings is 1. The van der Waals surface area contributed by atoms with E-state index in [0.717, 1.165) is 11.3 Å². The van der Waals surface area contributed by atoms with Crippen LogP contribution in [0.25, 0.3) is 0 Å². The highest BCUT2D eigenvalue weighted by Gasteiger charge is 2.25. The number of primary amides is 1. The van der Waals surface area contributed by atoms with Gasteiger partial charge < -0.3 is 15.7 Å². The summed E-state index contributed by atoms with van der Waals surface area (Å²) < 4.78 is 0. The Balaban J connectivity index is 3.18. The second kappa shape index (κ2) is 5.78. The maximum atomic E-state index is 11.0. The summed E-state index contributed by atoms with van der Waals surface area (Å²) in [7, 11) is 0. The van der Waals surface area contributed by atoms with E-state index in [4.69, 9.17) is 5.73 Å². The summed E-state index contributed by atoms with van der Waals surface area (Å²) in [6, 6.07) is 1.33. The molecule has 0 saturated carbocycles. The van der Waals surface area contributed by atoms with Gasteiger partial charge in [0.25, 0.3) is 0 Å². The van der Waals surface area contributed by atoms with Crippen LogP contribution in [-0.2, 0) is 4.79 Å². The Morgan fingerprint density at radius 3 is 2.72 bits per heavy atom. The van der Waals surface area contributed by atoms with Crippen LogP contribution < -0.4 is 10.6 Å². The fourth-order valence-corrected chi connectivity index (χ4v) is 2.59. The number of nitro groups is 1. The Bertz CT molecular complexity index is 458. The number of amides is 1. The SMILES string of the molecule is CCN(CC(N)=O)c1sc([C@@H](C)O)cc1[N+](=O)[O-]. The molecule has 1 amide bonds. The summed E-state index contributed by atoms with van der Waals surface area (Å²) in [5.41, 5.74) is 4.99. The largest absolute Gasteiger partial charge is 0.388 e. The van der Waals surface area contributed by atoms with Crippen LogP contribution in [0.15, 0.2) is 6.07 Å². The van der Waals surface area contributed by atoms with Gasteiger partial charge in [0.1, 0.15) is 0 Å². The first-order chi connectivity index (χ1) is 8.36. The third-order valence-corrected chi connectivity index (χ3v) is 3.69. The molecule has 0 aliphatic rings. The molecule has 0 saturated heterocycles. The van der Waals surface area contributed by atoms with Crippen molar-refractivity contribution in [3.8, 4) is 0 Å². The molecule has 1 aromatic heterocycles. The molecule has 0 fully saturated rings. The Morgan fingerprint density at radius 1 is 1.72 bits per heavy atom. The van der Waals surface area contributed by atoms with Crippen LogP contribution in [-0.4, -0.2) is 29.0 Å². The topological polar surface area (TPSA) is 110 Å². The van der Waals surface area contributed by atoms with Crippen LogP contribution in [0.4, 0.5) is 10.7 Å². The number of hydrogen-bond donors (Lipinski definition) is 2. The Hall–Kier alpha value is -1.67. The molecule has 1 atom stereocenters. The minimum absolute atomic E-state index is 0.0862. The number of likely N-dealkylation sites (N-methyl/N-ethyl adjacent to an activating group) is 1. The van der Waals surface area contributed by atoms with Crippen molar-refractivity contribution in [2.75, 3.05) is 18.0 Å². The van der Waals surface area contributed by atoms with Gasteiger partial charge in [0.05, 0.1) is 17.6 Å². The summed E-state index contributed by atoms with van der Waals surface area (Å²) in [6.45, 7) is 3.64. The lowest BCUT2D eigenvalue weighted by molar-refractivity contribution is -0.383. The molecule has 0 bridgehead atoms. The molecule has 0 aliphatic heterocycles. The van der Waals surface area contributed by atoms with Gasteiger partial charge in [-0.15, -0.1) is 11.3 Å². The Kier molecular flexibility index (Phi) is 4.62. The number of hydrogen-bond acceptors (Lipinski definition) is 6. The average Bonchev–Trinajstić information content (AvgIpc) is 2.70. The van der Waals surface area contributed by atoms with Gasteiger partial charge in [0.2, 0.25) is 5.91 Å². The van der Waals surface area contributed by atoms with Crippen LogP contribution in [0, 0.1) is 10.1 Å². The highest BCUT2D eigenvalue weighted by atomic mass is 32.1. The quantitative estimate of drug-likeness (QED) is 0.594. The normalized spacial score (nSPS) is 12.2. The van der Waals surface area contributed by atoms with E-state index in [9.17, 15) is 20.0 Å². The lowest BCUT2D eigenvalue weighted by Crippen LogP contribution is -2.33. The van der Waals surface area contributed by atoms with Crippen molar-refractivity contribution in [1.29, 1.82) is 0 Å². The molecule has 3 N–H and O–H groups in total. The molecule has 0 aliphatic carbocycles. The van der Waals surface area contributed by atoms with Crippen molar-refractivity contribution in [3.05, 3.63) is 21.1 Å². The minimum Gasteiger partial charge on any atom is -0.388 e. The van der Waals surface area contributed by atoms with Crippen LogP contribution in [0.1, 0.15) is 24.8 Å². The average molecular weight is 273 g/mol. The number of anilines is 1. The maximum Gasteiger partial charge on any atom is 0.304 e. The van der Waals surface area contributed by atoms with Crippen molar-refractivity contribution in [3.63, 3.8) is 0 Å². The number of nitrogens with two attached hydrogens (primary N) is 1. The molecule has 8 heteroatoms.